The van der Waals surface area contributed by atoms with Crippen LogP contribution in [0.5, 0.6) is 0 Å². The highest BCUT2D eigenvalue weighted by Crippen LogP contribution is 2.22. The lowest BCUT2D eigenvalue weighted by Crippen LogP contribution is -2.31. The van der Waals surface area contributed by atoms with Crippen molar-refractivity contribution in [2.45, 2.75) is 30.5 Å². The van der Waals surface area contributed by atoms with Crippen molar-refractivity contribution in [2.24, 2.45) is 0 Å². The van der Waals surface area contributed by atoms with Gasteiger partial charge in [0.1, 0.15) is 0 Å². The number of nitrogens with zero attached hydrogens (tertiary/aromatic N) is 1. The SMILES string of the molecule is Cc1ccc(CSCC(=O)N(C)C(C)c2ccc(S(C)(=O)=O)cc2)cc1. The normalized spacial score (nSPS) is 12.6. The summed E-state index contributed by atoms with van der Waals surface area (Å²) in [6.45, 7) is 4.00. The van der Waals surface area contributed by atoms with E-state index >= 15 is 0 Å². The molecule has 26 heavy (non-hydrogen) atoms. The Bertz CT molecular complexity index is 844. The molecule has 0 radical (unpaired) electrons. The smallest absolute Gasteiger partial charge is 0.232 e. The van der Waals surface area contributed by atoms with Crippen molar-refractivity contribution < 1.29 is 13.2 Å². The summed E-state index contributed by atoms with van der Waals surface area (Å²) in [6.07, 6.45) is 1.19. The lowest BCUT2D eigenvalue weighted by atomic mass is 10.1. The number of hydrogen-bond acceptors (Lipinski definition) is 4. The van der Waals surface area contributed by atoms with E-state index in [1.54, 1.807) is 48.0 Å². The molecule has 0 saturated heterocycles. The predicted octanol–water partition coefficient (Wildman–Crippen LogP) is 3.85. The maximum absolute atomic E-state index is 12.4. The molecule has 0 bridgehead atoms. The van der Waals surface area contributed by atoms with Crippen LogP contribution in [0.2, 0.25) is 0 Å². The van der Waals surface area contributed by atoms with Crippen LogP contribution in [0.25, 0.3) is 0 Å². The summed E-state index contributed by atoms with van der Waals surface area (Å²) in [7, 11) is -1.43. The lowest BCUT2D eigenvalue weighted by Gasteiger charge is -2.25. The van der Waals surface area contributed by atoms with E-state index in [4.69, 9.17) is 0 Å². The molecule has 0 heterocycles. The molecule has 6 heteroatoms. The maximum Gasteiger partial charge on any atom is 0.232 e. The molecule has 0 aliphatic carbocycles. The van der Waals surface area contributed by atoms with E-state index in [1.807, 2.05) is 6.92 Å². The predicted molar refractivity (Wildman–Crippen MR) is 108 cm³/mol. The van der Waals surface area contributed by atoms with Crippen molar-refractivity contribution in [1.29, 1.82) is 0 Å². The molecule has 1 unspecified atom stereocenters. The van der Waals surface area contributed by atoms with Gasteiger partial charge in [-0.1, -0.05) is 42.0 Å². The van der Waals surface area contributed by atoms with Crippen LogP contribution in [0.15, 0.2) is 53.4 Å². The average molecular weight is 392 g/mol. The van der Waals surface area contributed by atoms with Crippen molar-refractivity contribution in [3.8, 4) is 0 Å². The molecule has 2 rings (SSSR count). The van der Waals surface area contributed by atoms with Crippen molar-refractivity contribution >= 4 is 27.5 Å². The molecule has 4 nitrogen and oxygen atoms in total. The first-order chi connectivity index (χ1) is 12.2. The minimum atomic E-state index is -3.21. The van der Waals surface area contributed by atoms with Gasteiger partial charge in [-0.05, 0) is 37.1 Å². The third-order valence-corrected chi connectivity index (χ3v) is 6.50. The highest BCUT2D eigenvalue weighted by atomic mass is 32.2. The second-order valence-corrected chi connectivity index (χ2v) is 9.50. The number of thioether (sulfide) groups is 1. The second kappa shape index (κ2) is 8.73. The quantitative estimate of drug-likeness (QED) is 0.719. The molecule has 2 aromatic rings. The van der Waals surface area contributed by atoms with Crippen molar-refractivity contribution in [1.82, 2.24) is 4.90 Å². The Balaban J connectivity index is 1.91. The largest absolute Gasteiger partial charge is 0.338 e. The van der Waals surface area contributed by atoms with E-state index in [0.717, 1.165) is 11.3 Å². The number of sulfone groups is 1. The summed E-state index contributed by atoms with van der Waals surface area (Å²) in [4.78, 5) is 14.4. The van der Waals surface area contributed by atoms with E-state index in [1.165, 1.54) is 17.4 Å². The summed E-state index contributed by atoms with van der Waals surface area (Å²) >= 11 is 1.60. The van der Waals surface area contributed by atoms with Gasteiger partial charge in [-0.2, -0.15) is 0 Å². The number of carbonyl (C=O) groups excluding carboxylic acids is 1. The van der Waals surface area contributed by atoms with Gasteiger partial charge in [-0.15, -0.1) is 11.8 Å². The molecule has 0 aliphatic heterocycles. The number of amides is 1. The van der Waals surface area contributed by atoms with Crippen LogP contribution >= 0.6 is 11.8 Å². The standard InChI is InChI=1S/C20H25NO3S2/c1-15-5-7-17(8-6-15)13-25-14-20(22)21(3)16(2)18-9-11-19(12-10-18)26(4,23)24/h5-12,16H,13-14H2,1-4H3. The molecule has 1 atom stereocenters. The lowest BCUT2D eigenvalue weighted by molar-refractivity contribution is -0.128. The zero-order chi connectivity index (χ0) is 19.3. The highest BCUT2D eigenvalue weighted by molar-refractivity contribution is 7.99. The topological polar surface area (TPSA) is 54.5 Å². The third-order valence-electron chi connectivity index (χ3n) is 4.38. The molecule has 140 valence electrons. The summed E-state index contributed by atoms with van der Waals surface area (Å²) < 4.78 is 23.1. The number of rotatable bonds is 7. The minimum Gasteiger partial charge on any atom is -0.338 e. The van der Waals surface area contributed by atoms with Gasteiger partial charge in [0.2, 0.25) is 5.91 Å². The minimum absolute atomic E-state index is 0.0572. The Labute approximate surface area is 160 Å². The van der Waals surface area contributed by atoms with Crippen molar-refractivity contribution in [3.63, 3.8) is 0 Å². The molecular weight excluding hydrogens is 366 g/mol. The molecular formula is C20H25NO3S2. The molecule has 0 saturated carbocycles. The van der Waals surface area contributed by atoms with Gasteiger partial charge < -0.3 is 4.90 Å². The van der Waals surface area contributed by atoms with Crippen LogP contribution in [-0.4, -0.2) is 38.3 Å². The van der Waals surface area contributed by atoms with E-state index < -0.39 is 9.84 Å². The molecule has 2 aromatic carbocycles. The summed E-state index contributed by atoms with van der Waals surface area (Å²) in [5, 5.41) is 0. The second-order valence-electron chi connectivity index (χ2n) is 6.50. The fraction of sp³-hybridized carbons (Fsp3) is 0.350. The van der Waals surface area contributed by atoms with Gasteiger partial charge in [0, 0.05) is 19.1 Å². The average Bonchev–Trinajstić information content (AvgIpc) is 2.61. The number of hydrogen-bond donors (Lipinski definition) is 0. The van der Waals surface area contributed by atoms with Gasteiger partial charge in [0.15, 0.2) is 9.84 Å². The van der Waals surface area contributed by atoms with E-state index in [-0.39, 0.29) is 16.8 Å². The van der Waals surface area contributed by atoms with E-state index in [2.05, 4.69) is 31.2 Å². The van der Waals surface area contributed by atoms with Gasteiger partial charge in [0.25, 0.3) is 0 Å². The van der Waals surface area contributed by atoms with Crippen molar-refractivity contribution in [3.05, 3.63) is 65.2 Å². The fourth-order valence-corrected chi connectivity index (χ4v) is 4.01. The van der Waals surface area contributed by atoms with Crippen LogP contribution < -0.4 is 0 Å². The van der Waals surface area contributed by atoms with Gasteiger partial charge in [-0.25, -0.2) is 8.42 Å². The molecule has 1 amide bonds. The Morgan fingerprint density at radius 3 is 2.19 bits per heavy atom. The Hall–Kier alpha value is -1.79. The first-order valence-electron chi connectivity index (χ1n) is 8.37. The first-order valence-corrected chi connectivity index (χ1v) is 11.4. The number of carbonyl (C=O) groups is 1. The van der Waals surface area contributed by atoms with Crippen LogP contribution in [-0.2, 0) is 20.4 Å². The number of aryl methyl sites for hydroxylation is 1. The Morgan fingerprint density at radius 1 is 1.08 bits per heavy atom. The number of benzene rings is 2. The summed E-state index contributed by atoms with van der Waals surface area (Å²) in [5.74, 6) is 1.27. The van der Waals surface area contributed by atoms with E-state index in [0.29, 0.717) is 5.75 Å². The maximum atomic E-state index is 12.4. The van der Waals surface area contributed by atoms with Crippen LogP contribution in [0.3, 0.4) is 0 Å². The zero-order valence-corrected chi connectivity index (χ0v) is 17.2. The fourth-order valence-electron chi connectivity index (χ4n) is 2.48. The van der Waals surface area contributed by atoms with Crippen LogP contribution in [0, 0.1) is 6.92 Å². The van der Waals surface area contributed by atoms with Gasteiger partial charge in [-0.3, -0.25) is 4.79 Å². The summed E-state index contributed by atoms with van der Waals surface area (Å²) in [6, 6.07) is 14.9. The molecule has 0 spiro atoms. The third kappa shape index (κ3) is 5.61. The Kier molecular flexibility index (Phi) is 6.89. The van der Waals surface area contributed by atoms with E-state index in [9.17, 15) is 13.2 Å². The molecule has 0 fully saturated rings. The Morgan fingerprint density at radius 2 is 1.65 bits per heavy atom. The molecule has 0 aliphatic rings. The monoisotopic (exact) mass is 391 g/mol. The zero-order valence-electron chi connectivity index (χ0n) is 15.6. The molecule has 0 N–H and O–H groups in total. The summed E-state index contributed by atoms with van der Waals surface area (Å²) in [5.41, 5.74) is 3.35. The molecule has 0 aromatic heterocycles. The van der Waals surface area contributed by atoms with Gasteiger partial charge >= 0.3 is 0 Å². The van der Waals surface area contributed by atoms with Crippen LogP contribution in [0.4, 0.5) is 0 Å². The van der Waals surface area contributed by atoms with Crippen LogP contribution in [0.1, 0.15) is 29.7 Å². The van der Waals surface area contributed by atoms with Gasteiger partial charge in [0.05, 0.1) is 16.7 Å². The van der Waals surface area contributed by atoms with Crippen molar-refractivity contribution in [2.75, 3.05) is 19.1 Å². The highest BCUT2D eigenvalue weighted by Gasteiger charge is 2.18. The first kappa shape index (κ1) is 20.5.